The summed E-state index contributed by atoms with van der Waals surface area (Å²) in [6, 6.07) is 16.8. The summed E-state index contributed by atoms with van der Waals surface area (Å²) in [5.74, 6) is -5.28. The molecule has 0 amide bonds. The van der Waals surface area contributed by atoms with Crippen LogP contribution in [0.2, 0.25) is 0 Å². The summed E-state index contributed by atoms with van der Waals surface area (Å²) in [4.78, 5) is 38.7. The van der Waals surface area contributed by atoms with Crippen LogP contribution >= 0.6 is 0 Å². The van der Waals surface area contributed by atoms with Gasteiger partial charge < -0.3 is 10.0 Å². The standard InChI is InChI=1S/C18H10F2N2O2Se.C15H14N2O2Se.C6H5BF2O2/c1-9-16(18(23)24)25-17(22-9)11-3-5-12(15(8-11)21-2)10-4-6-13(19)14(20)7-10;1-5-19-15(18)13-10(3)17-14(20-13)11-7-6-9(2)12(8-11)16-4;8-5-2-1-4(7(10)11)3-6(5)9/h3-8H,1H3,(H,23,24);6-8H,5H2,1-3H3;1-3,10-11H. The molecule has 2 heterocycles. The van der Waals surface area contributed by atoms with E-state index in [0.29, 0.717) is 43.7 Å². The first-order chi connectivity index (χ1) is 26.6. The number of benzene rings is 4. The summed E-state index contributed by atoms with van der Waals surface area (Å²) in [6.45, 7) is 22.1. The van der Waals surface area contributed by atoms with E-state index < -0.39 is 50.9 Å². The van der Waals surface area contributed by atoms with E-state index in [-0.39, 0.29) is 36.1 Å². The van der Waals surface area contributed by atoms with E-state index in [4.69, 9.17) is 33.0 Å². The number of carbonyl (C=O) groups is 2. The second-order valence-electron chi connectivity index (χ2n) is 11.5. The topological polar surface area (TPSA) is 139 Å². The third kappa shape index (κ3) is 10.6. The minimum atomic E-state index is -1.76. The number of carboxylic acids is 1. The Kier molecular flexibility index (Phi) is 14.8. The molecule has 284 valence electrons. The summed E-state index contributed by atoms with van der Waals surface area (Å²) in [5.41, 5.74) is 5.43. The van der Waals surface area contributed by atoms with Crippen LogP contribution in [0.15, 0.2) is 72.8 Å². The molecule has 3 N–H and O–H groups in total. The first-order valence-corrected chi connectivity index (χ1v) is 19.6. The molecule has 2 aromatic heterocycles. The number of aromatic nitrogens is 2. The second kappa shape index (κ2) is 19.3. The molecule has 4 aromatic carbocycles. The van der Waals surface area contributed by atoms with Gasteiger partial charge in [-0.1, -0.05) is 6.07 Å². The molecule has 6 rings (SSSR count). The van der Waals surface area contributed by atoms with Crippen molar-refractivity contribution in [3.05, 3.63) is 145 Å². The van der Waals surface area contributed by atoms with E-state index in [1.807, 2.05) is 32.0 Å². The Bertz CT molecular complexity index is 2510. The van der Waals surface area contributed by atoms with Crippen LogP contribution in [0.3, 0.4) is 0 Å². The average Bonchev–Trinajstić information content (AvgIpc) is 3.77. The molecule has 0 fully saturated rings. The van der Waals surface area contributed by atoms with Gasteiger partial charge in [0.1, 0.15) is 0 Å². The van der Waals surface area contributed by atoms with Gasteiger partial charge >= 0.3 is 278 Å². The molecule has 0 spiro atoms. The molecule has 0 aliphatic heterocycles. The first-order valence-electron chi connectivity index (χ1n) is 16.2. The molecule has 0 bridgehead atoms. The Morgan fingerprint density at radius 2 is 1.23 bits per heavy atom. The SMILES string of the molecule is OB(O)c1ccc(F)c(F)c1.[C-]#[N+]c1cc(-c2nc(C)c(C(=O)O)[se]2)ccc1-c1ccc(F)c(F)c1.[C-]#[N+]c1cc(-c2nc(C)c(C(=O)OCC)[se]2)ccc1C. The zero-order valence-electron chi connectivity index (χ0n) is 29.9. The zero-order chi connectivity index (χ0) is 41.3. The summed E-state index contributed by atoms with van der Waals surface area (Å²) < 4.78 is 58.6. The Morgan fingerprint density at radius 3 is 1.75 bits per heavy atom. The molecule has 0 saturated heterocycles. The Hall–Kier alpha value is -5.64. The van der Waals surface area contributed by atoms with Gasteiger partial charge in [0.25, 0.3) is 0 Å². The normalized spacial score (nSPS) is 10.2. The number of hydrogen-bond donors (Lipinski definition) is 3. The maximum absolute atomic E-state index is 13.5. The molecule has 10 nitrogen and oxygen atoms in total. The number of aromatic carboxylic acids is 1. The van der Waals surface area contributed by atoms with Gasteiger partial charge in [0.2, 0.25) is 0 Å². The van der Waals surface area contributed by atoms with Gasteiger partial charge in [0.15, 0.2) is 11.6 Å². The fraction of sp³-hybridized carbons (Fsp3) is 0.128. The molecule has 0 aliphatic rings. The van der Waals surface area contributed by atoms with E-state index in [1.165, 1.54) is 6.07 Å². The third-order valence-electron chi connectivity index (χ3n) is 7.66. The number of carbonyl (C=O) groups excluding carboxylic acids is 1. The predicted octanol–water partition coefficient (Wildman–Crippen LogP) is 7.10. The van der Waals surface area contributed by atoms with Gasteiger partial charge in [-0.05, 0) is 17.6 Å². The van der Waals surface area contributed by atoms with Crippen molar-refractivity contribution in [2.24, 2.45) is 0 Å². The molecule has 56 heavy (non-hydrogen) atoms. The van der Waals surface area contributed by atoms with Crippen LogP contribution in [0, 0.1) is 57.2 Å². The van der Waals surface area contributed by atoms with Gasteiger partial charge in [0.05, 0.1) is 0 Å². The summed E-state index contributed by atoms with van der Waals surface area (Å²) in [5, 5.41) is 26.2. The van der Waals surface area contributed by atoms with E-state index in [1.54, 1.807) is 32.0 Å². The number of halogens is 4. The molecule has 0 unspecified atom stereocenters. The van der Waals surface area contributed by atoms with Crippen molar-refractivity contribution in [2.45, 2.75) is 27.7 Å². The Morgan fingerprint density at radius 1 is 0.714 bits per heavy atom. The number of carboxylic acid groups (broad SMARTS) is 1. The minimum absolute atomic E-state index is 0.0658. The van der Waals surface area contributed by atoms with E-state index >= 15 is 0 Å². The van der Waals surface area contributed by atoms with Crippen molar-refractivity contribution in [1.82, 2.24) is 9.97 Å². The molecule has 6 aromatic rings. The van der Waals surface area contributed by atoms with Crippen LogP contribution in [-0.4, -0.2) is 79.8 Å². The van der Waals surface area contributed by atoms with Crippen LogP contribution < -0.4 is 5.46 Å². The number of rotatable bonds is 7. The van der Waals surface area contributed by atoms with Crippen molar-refractivity contribution in [1.29, 1.82) is 0 Å². The average molecular weight is 894 g/mol. The Labute approximate surface area is 331 Å². The van der Waals surface area contributed by atoms with Crippen molar-refractivity contribution in [2.75, 3.05) is 6.61 Å². The van der Waals surface area contributed by atoms with Gasteiger partial charge in [-0.3, -0.25) is 0 Å². The molecule has 0 saturated carbocycles. The van der Waals surface area contributed by atoms with Crippen LogP contribution in [0.25, 0.3) is 41.1 Å². The molecule has 0 aliphatic carbocycles. The summed E-state index contributed by atoms with van der Waals surface area (Å²) in [7, 11) is -1.76. The van der Waals surface area contributed by atoms with Crippen molar-refractivity contribution in [3.63, 3.8) is 0 Å². The summed E-state index contributed by atoms with van der Waals surface area (Å²) >= 11 is -0.608. The van der Waals surface area contributed by atoms with E-state index in [0.717, 1.165) is 51.7 Å². The van der Waals surface area contributed by atoms with Crippen LogP contribution in [0.4, 0.5) is 28.9 Å². The Balaban J connectivity index is 0.000000200. The number of esters is 1. The van der Waals surface area contributed by atoms with E-state index in [2.05, 4.69) is 19.7 Å². The fourth-order valence-electron chi connectivity index (χ4n) is 4.83. The summed E-state index contributed by atoms with van der Waals surface area (Å²) in [6.07, 6.45) is 0. The molecular formula is C39H29BF4N4O6Se2. The maximum atomic E-state index is 13.5. The molecule has 0 atom stereocenters. The fourth-order valence-corrected chi connectivity index (χ4v) is 8.72. The third-order valence-corrected chi connectivity index (χ3v) is 12.7. The van der Waals surface area contributed by atoms with Gasteiger partial charge in [0, 0.05) is 0 Å². The predicted molar refractivity (Wildman–Crippen MR) is 204 cm³/mol. The quantitative estimate of drug-likeness (QED) is 0.0668. The van der Waals surface area contributed by atoms with Crippen LogP contribution in [-0.2, 0) is 4.74 Å². The van der Waals surface area contributed by atoms with Gasteiger partial charge in [-0.2, -0.15) is 0 Å². The first kappa shape index (κ1) is 43.1. The van der Waals surface area contributed by atoms with Crippen molar-refractivity contribution >= 4 is 64.9 Å². The van der Waals surface area contributed by atoms with Crippen molar-refractivity contribution in [3.8, 4) is 31.4 Å². The van der Waals surface area contributed by atoms with Crippen LogP contribution in [0.1, 0.15) is 42.3 Å². The number of aryl methyl sites for hydroxylation is 3. The number of hydrogen-bond acceptors (Lipinski definition) is 7. The molecule has 0 radical (unpaired) electrons. The van der Waals surface area contributed by atoms with Crippen molar-refractivity contribution < 1.29 is 47.0 Å². The van der Waals surface area contributed by atoms with Crippen LogP contribution in [0.5, 0.6) is 0 Å². The second-order valence-corrected chi connectivity index (χ2v) is 15.7. The van der Waals surface area contributed by atoms with E-state index in [9.17, 15) is 27.2 Å². The monoisotopic (exact) mass is 896 g/mol. The molecular weight excluding hydrogens is 865 g/mol. The number of nitrogens with zero attached hydrogens (tertiary/aromatic N) is 4. The zero-order valence-corrected chi connectivity index (χ0v) is 33.3. The number of ether oxygens (including phenoxy) is 1. The van der Waals surface area contributed by atoms with Gasteiger partial charge in [-0.15, -0.1) is 0 Å². The molecule has 17 heteroatoms. The van der Waals surface area contributed by atoms with Gasteiger partial charge in [-0.25, -0.2) is 8.78 Å².